The minimum Gasteiger partial charge on any atom is -0.452 e. The van der Waals surface area contributed by atoms with Gasteiger partial charge in [0.2, 0.25) is 5.22 Å². The highest BCUT2D eigenvalue weighted by molar-refractivity contribution is 6.32. The summed E-state index contributed by atoms with van der Waals surface area (Å²) in [5.74, 6) is -0.257. The first kappa shape index (κ1) is 10.1. The Kier molecular flexibility index (Phi) is 3.33. The van der Waals surface area contributed by atoms with Crippen molar-refractivity contribution in [2.45, 2.75) is 0 Å². The van der Waals surface area contributed by atoms with Crippen LogP contribution in [-0.2, 0) is 0 Å². The number of halogens is 1. The fraction of sp³-hybridized carbons (Fsp3) is 0.375. The van der Waals surface area contributed by atoms with E-state index in [4.69, 9.17) is 21.1 Å². The number of hydrogen-bond acceptors (Lipinski definition) is 3. The van der Waals surface area contributed by atoms with Gasteiger partial charge >= 0.3 is 0 Å². The second-order valence-electron chi connectivity index (χ2n) is 2.56. The van der Waals surface area contributed by atoms with Gasteiger partial charge in [-0.3, -0.25) is 4.79 Å². The molecule has 0 radical (unpaired) electrons. The highest BCUT2D eigenvalue weighted by atomic mass is 35.5. The predicted molar refractivity (Wildman–Crippen MR) is 47.8 cm³/mol. The normalized spacial score (nSPS) is 10.1. The van der Waals surface area contributed by atoms with Crippen LogP contribution in [0.3, 0.4) is 0 Å². The maximum absolute atomic E-state index is 11.5. The van der Waals surface area contributed by atoms with Crippen LogP contribution in [0.1, 0.15) is 10.4 Å². The summed E-state index contributed by atoms with van der Waals surface area (Å²) in [6.45, 7) is 0.206. The van der Waals surface area contributed by atoms with Crippen molar-refractivity contribution in [2.75, 3.05) is 20.2 Å². The van der Waals surface area contributed by atoms with Gasteiger partial charge in [0.25, 0.3) is 5.91 Å². The quantitative estimate of drug-likeness (QED) is 0.798. The van der Waals surface area contributed by atoms with Gasteiger partial charge < -0.3 is 14.4 Å². The van der Waals surface area contributed by atoms with Gasteiger partial charge in [0.1, 0.15) is 0 Å². The fourth-order valence-electron chi connectivity index (χ4n) is 0.903. The van der Waals surface area contributed by atoms with Crippen LogP contribution < -0.4 is 0 Å². The second kappa shape index (κ2) is 4.30. The lowest BCUT2D eigenvalue weighted by atomic mass is 10.3. The Bertz CT molecular complexity index is 297. The molecule has 0 bridgehead atoms. The first-order valence-corrected chi connectivity index (χ1v) is 4.14. The van der Waals surface area contributed by atoms with Crippen molar-refractivity contribution >= 4 is 17.5 Å². The van der Waals surface area contributed by atoms with Crippen molar-refractivity contribution in [1.82, 2.24) is 4.90 Å². The van der Waals surface area contributed by atoms with Gasteiger partial charge in [-0.1, -0.05) is 0 Å². The Balaban J connectivity index is 2.73. The molecule has 72 valence electrons. The molecule has 0 aliphatic carbocycles. The van der Waals surface area contributed by atoms with Crippen LogP contribution in [-0.4, -0.2) is 36.1 Å². The monoisotopic (exact) mass is 203 g/mol. The molecular weight excluding hydrogens is 194 g/mol. The molecule has 0 atom stereocenters. The lowest BCUT2D eigenvalue weighted by Gasteiger charge is -2.14. The third-order valence-corrected chi connectivity index (χ3v) is 1.92. The number of hydrogen-bond donors (Lipinski definition) is 1. The van der Waals surface area contributed by atoms with E-state index in [0.29, 0.717) is 5.56 Å². The summed E-state index contributed by atoms with van der Waals surface area (Å²) in [6, 6.07) is 1.50. The van der Waals surface area contributed by atoms with E-state index < -0.39 is 0 Å². The third-order valence-electron chi connectivity index (χ3n) is 1.63. The van der Waals surface area contributed by atoms with Crippen LogP contribution in [0.15, 0.2) is 16.7 Å². The van der Waals surface area contributed by atoms with Gasteiger partial charge in [-0.15, -0.1) is 0 Å². The number of likely N-dealkylation sites (N-methyl/N-ethyl adjacent to an activating group) is 1. The van der Waals surface area contributed by atoms with Crippen molar-refractivity contribution in [1.29, 1.82) is 0 Å². The lowest BCUT2D eigenvalue weighted by Crippen LogP contribution is -2.29. The van der Waals surface area contributed by atoms with E-state index in [1.165, 1.54) is 17.2 Å². The summed E-state index contributed by atoms with van der Waals surface area (Å²) in [6.07, 6.45) is 1.35. The second-order valence-corrected chi connectivity index (χ2v) is 2.90. The summed E-state index contributed by atoms with van der Waals surface area (Å²) in [5.41, 5.74) is 0.317. The molecule has 0 aliphatic rings. The van der Waals surface area contributed by atoms with Gasteiger partial charge in [-0.25, -0.2) is 0 Å². The van der Waals surface area contributed by atoms with Gasteiger partial charge in [-0.05, 0) is 17.7 Å². The maximum atomic E-state index is 11.5. The standard InChI is InChI=1S/C8H10ClNO3/c1-10(3-4-11)8(12)6-2-5-13-7(6)9/h2,5,11H,3-4H2,1H3. The number of carbonyl (C=O) groups is 1. The maximum Gasteiger partial charge on any atom is 0.258 e. The van der Waals surface area contributed by atoms with Gasteiger partial charge in [-0.2, -0.15) is 0 Å². The van der Waals surface area contributed by atoms with Crippen molar-refractivity contribution in [3.05, 3.63) is 23.1 Å². The molecule has 0 saturated heterocycles. The van der Waals surface area contributed by atoms with Gasteiger partial charge in [0.05, 0.1) is 18.4 Å². The molecule has 1 aromatic heterocycles. The largest absolute Gasteiger partial charge is 0.452 e. The number of furan rings is 1. The molecule has 1 aromatic rings. The SMILES string of the molecule is CN(CCO)C(=O)c1ccoc1Cl. The summed E-state index contributed by atoms with van der Waals surface area (Å²) >= 11 is 5.60. The van der Waals surface area contributed by atoms with Gasteiger partial charge in [0, 0.05) is 13.6 Å². The fourth-order valence-corrected chi connectivity index (χ4v) is 1.10. The Morgan fingerprint density at radius 1 is 1.77 bits per heavy atom. The zero-order chi connectivity index (χ0) is 9.84. The van der Waals surface area contributed by atoms with Crippen molar-refractivity contribution in [2.24, 2.45) is 0 Å². The van der Waals surface area contributed by atoms with E-state index in [9.17, 15) is 4.79 Å². The summed E-state index contributed by atoms with van der Waals surface area (Å²) in [7, 11) is 1.59. The predicted octanol–water partition coefficient (Wildman–Crippen LogP) is 0.997. The lowest BCUT2D eigenvalue weighted by molar-refractivity contribution is 0.0766. The number of aliphatic hydroxyl groups is 1. The Hall–Kier alpha value is -1.00. The number of amides is 1. The summed E-state index contributed by atoms with van der Waals surface area (Å²) in [5, 5.41) is 8.68. The molecule has 1 rings (SSSR count). The smallest absolute Gasteiger partial charge is 0.258 e. The van der Waals surface area contributed by atoms with Crippen LogP contribution >= 0.6 is 11.6 Å². The average Bonchev–Trinajstić information content (AvgIpc) is 2.50. The van der Waals surface area contributed by atoms with E-state index in [1.807, 2.05) is 0 Å². The molecule has 0 aliphatic heterocycles. The zero-order valence-electron chi connectivity index (χ0n) is 7.16. The van der Waals surface area contributed by atoms with Crippen LogP contribution in [0, 0.1) is 0 Å². The van der Waals surface area contributed by atoms with E-state index in [0.717, 1.165) is 0 Å². The van der Waals surface area contributed by atoms with Crippen LogP contribution in [0.4, 0.5) is 0 Å². The summed E-state index contributed by atoms with van der Waals surface area (Å²) in [4.78, 5) is 12.9. The molecule has 4 nitrogen and oxygen atoms in total. The molecule has 0 aromatic carbocycles. The Morgan fingerprint density at radius 2 is 2.46 bits per heavy atom. The molecule has 1 heterocycles. The minimum absolute atomic E-state index is 0.0717. The molecule has 0 saturated carbocycles. The van der Waals surface area contributed by atoms with E-state index in [2.05, 4.69) is 0 Å². The Labute approximate surface area is 80.7 Å². The van der Waals surface area contributed by atoms with Crippen molar-refractivity contribution in [3.8, 4) is 0 Å². The topological polar surface area (TPSA) is 53.7 Å². The molecular formula is C8H10ClNO3. The van der Waals surface area contributed by atoms with Gasteiger partial charge in [0.15, 0.2) is 0 Å². The van der Waals surface area contributed by atoms with Crippen molar-refractivity contribution in [3.63, 3.8) is 0 Å². The zero-order valence-corrected chi connectivity index (χ0v) is 7.91. The minimum atomic E-state index is -0.257. The summed E-state index contributed by atoms with van der Waals surface area (Å²) < 4.78 is 4.77. The molecule has 0 unspecified atom stereocenters. The molecule has 5 heteroatoms. The first-order chi connectivity index (χ1) is 6.16. The number of carbonyl (C=O) groups excluding carboxylic acids is 1. The first-order valence-electron chi connectivity index (χ1n) is 3.76. The molecule has 0 fully saturated rings. The number of rotatable bonds is 3. The molecule has 1 amide bonds. The Morgan fingerprint density at radius 3 is 2.92 bits per heavy atom. The average molecular weight is 204 g/mol. The molecule has 13 heavy (non-hydrogen) atoms. The van der Waals surface area contributed by atoms with E-state index >= 15 is 0 Å². The van der Waals surface area contributed by atoms with Crippen LogP contribution in [0.25, 0.3) is 0 Å². The number of aliphatic hydroxyl groups excluding tert-OH is 1. The van der Waals surface area contributed by atoms with E-state index in [1.54, 1.807) is 7.05 Å². The van der Waals surface area contributed by atoms with Crippen molar-refractivity contribution < 1.29 is 14.3 Å². The molecule has 1 N–H and O–H groups in total. The van der Waals surface area contributed by atoms with Crippen LogP contribution in [0.5, 0.6) is 0 Å². The highest BCUT2D eigenvalue weighted by Crippen LogP contribution is 2.17. The molecule has 0 spiro atoms. The number of nitrogens with zero attached hydrogens (tertiary/aromatic N) is 1. The van der Waals surface area contributed by atoms with Crippen LogP contribution in [0.2, 0.25) is 5.22 Å². The highest BCUT2D eigenvalue weighted by Gasteiger charge is 2.16. The third kappa shape index (κ3) is 2.23. The van der Waals surface area contributed by atoms with E-state index in [-0.39, 0.29) is 24.3 Å².